The zero-order valence-electron chi connectivity index (χ0n) is 20.6. The molecular formula is C29H32O7. The molecule has 3 aromatic carbocycles. The van der Waals surface area contributed by atoms with Crippen molar-refractivity contribution in [1.82, 2.24) is 0 Å². The summed E-state index contributed by atoms with van der Waals surface area (Å²) in [5.41, 5.74) is 4.94. The first-order chi connectivity index (χ1) is 17.4. The fourth-order valence-corrected chi connectivity index (χ4v) is 4.81. The third-order valence-electron chi connectivity index (χ3n) is 6.88. The number of rotatable bonds is 7. The van der Waals surface area contributed by atoms with Crippen LogP contribution in [0.25, 0.3) is 0 Å². The lowest BCUT2D eigenvalue weighted by Crippen LogP contribution is -2.56. The Balaban J connectivity index is 1.34. The second kappa shape index (κ2) is 10.2. The SMILES string of the molecule is COC1(c2ccc(C)c(Cc3ccc4c(c3)OCCO4)c2)CCC(OCc2ccccc2)C(O)(O)O1. The first kappa shape index (κ1) is 24.7. The van der Waals surface area contributed by atoms with E-state index in [1.54, 1.807) is 0 Å². The van der Waals surface area contributed by atoms with Gasteiger partial charge in [-0.25, -0.2) is 0 Å². The summed E-state index contributed by atoms with van der Waals surface area (Å²) in [5, 5.41) is 21.6. The zero-order chi connectivity index (χ0) is 25.2. The standard InChI is InChI=1S/C29H32O7/c1-20-8-10-24(18-23(20)16-22-9-11-25-26(17-22)34-15-14-33-25)28(32-2)13-12-27(29(30,31)36-28)35-19-21-6-4-3-5-7-21/h3-11,17-18,27,30-31H,12-16,19H2,1-2H3. The minimum atomic E-state index is -2.51. The van der Waals surface area contributed by atoms with Gasteiger partial charge in [-0.05, 0) is 60.2 Å². The Bertz CT molecular complexity index is 1190. The molecule has 2 atom stereocenters. The minimum absolute atomic E-state index is 0.252. The first-order valence-corrected chi connectivity index (χ1v) is 12.2. The second-order valence-electron chi connectivity index (χ2n) is 9.34. The molecule has 0 saturated carbocycles. The van der Waals surface area contributed by atoms with Crippen molar-refractivity contribution in [3.8, 4) is 11.5 Å². The molecule has 7 nitrogen and oxygen atoms in total. The lowest BCUT2D eigenvalue weighted by Gasteiger charge is -2.45. The van der Waals surface area contributed by atoms with Crippen LogP contribution in [-0.2, 0) is 33.0 Å². The molecule has 2 N–H and O–H groups in total. The van der Waals surface area contributed by atoms with E-state index in [4.69, 9.17) is 23.7 Å². The van der Waals surface area contributed by atoms with Crippen molar-refractivity contribution in [3.05, 3.63) is 94.5 Å². The Kier molecular flexibility index (Phi) is 7.01. The summed E-state index contributed by atoms with van der Waals surface area (Å²) in [6.07, 6.45) is 0.503. The number of hydrogen-bond acceptors (Lipinski definition) is 7. The topological polar surface area (TPSA) is 86.6 Å². The smallest absolute Gasteiger partial charge is 0.308 e. The third kappa shape index (κ3) is 5.12. The van der Waals surface area contributed by atoms with Crippen LogP contribution in [0, 0.1) is 6.92 Å². The fraction of sp³-hybridized carbons (Fsp3) is 0.379. The second-order valence-corrected chi connectivity index (χ2v) is 9.34. The van der Waals surface area contributed by atoms with Crippen LogP contribution in [0.15, 0.2) is 66.7 Å². The third-order valence-corrected chi connectivity index (χ3v) is 6.88. The number of aryl methyl sites for hydroxylation is 1. The van der Waals surface area contributed by atoms with Gasteiger partial charge in [0.25, 0.3) is 0 Å². The molecule has 1 fully saturated rings. The van der Waals surface area contributed by atoms with Crippen molar-refractivity contribution < 1.29 is 33.9 Å². The largest absolute Gasteiger partial charge is 0.486 e. The van der Waals surface area contributed by atoms with Crippen molar-refractivity contribution in [1.29, 1.82) is 0 Å². The lowest BCUT2D eigenvalue weighted by atomic mass is 9.90. The van der Waals surface area contributed by atoms with Gasteiger partial charge in [0.05, 0.1) is 6.61 Å². The molecule has 2 aliphatic rings. The zero-order valence-corrected chi connectivity index (χ0v) is 20.6. The van der Waals surface area contributed by atoms with Gasteiger partial charge in [-0.1, -0.05) is 48.5 Å². The summed E-state index contributed by atoms with van der Waals surface area (Å²) in [5.74, 6) is -2.31. The Morgan fingerprint density at radius 2 is 1.69 bits per heavy atom. The molecule has 0 bridgehead atoms. The maximum absolute atomic E-state index is 10.8. The normalized spacial score (nSPS) is 22.8. The van der Waals surface area contributed by atoms with E-state index in [9.17, 15) is 10.2 Å². The van der Waals surface area contributed by atoms with E-state index in [-0.39, 0.29) is 6.61 Å². The molecule has 0 aromatic heterocycles. The van der Waals surface area contributed by atoms with Gasteiger partial charge in [0, 0.05) is 19.1 Å². The van der Waals surface area contributed by atoms with E-state index in [0.29, 0.717) is 32.5 Å². The van der Waals surface area contributed by atoms with Crippen molar-refractivity contribution in [3.63, 3.8) is 0 Å². The highest BCUT2D eigenvalue weighted by Gasteiger charge is 2.52. The van der Waals surface area contributed by atoms with E-state index < -0.39 is 17.9 Å². The average molecular weight is 493 g/mol. The molecule has 5 rings (SSSR count). The molecule has 2 unspecified atom stereocenters. The van der Waals surface area contributed by atoms with Gasteiger partial charge < -0.3 is 29.2 Å². The number of ether oxygens (including phenoxy) is 5. The highest BCUT2D eigenvalue weighted by molar-refractivity contribution is 5.46. The molecular weight excluding hydrogens is 460 g/mol. The van der Waals surface area contributed by atoms with E-state index in [1.807, 2.05) is 73.7 Å². The molecule has 3 aromatic rings. The quantitative estimate of drug-likeness (QED) is 0.478. The molecule has 36 heavy (non-hydrogen) atoms. The van der Waals surface area contributed by atoms with Crippen LogP contribution in [0.4, 0.5) is 0 Å². The number of methoxy groups -OCH3 is 1. The van der Waals surface area contributed by atoms with E-state index in [1.165, 1.54) is 7.11 Å². The predicted octanol–water partition coefficient (Wildman–Crippen LogP) is 4.19. The molecule has 190 valence electrons. The number of benzene rings is 3. The summed E-state index contributed by atoms with van der Waals surface area (Å²) >= 11 is 0. The Morgan fingerprint density at radius 3 is 2.44 bits per heavy atom. The van der Waals surface area contributed by atoms with Gasteiger partial charge in [0.15, 0.2) is 17.3 Å². The van der Waals surface area contributed by atoms with Crippen LogP contribution in [0.3, 0.4) is 0 Å². The summed E-state index contributed by atoms with van der Waals surface area (Å²) < 4.78 is 28.8. The first-order valence-electron chi connectivity index (χ1n) is 12.2. The van der Waals surface area contributed by atoms with Gasteiger partial charge in [-0.2, -0.15) is 0 Å². The molecule has 1 saturated heterocycles. The van der Waals surface area contributed by atoms with Crippen LogP contribution in [0.5, 0.6) is 11.5 Å². The van der Waals surface area contributed by atoms with Crippen LogP contribution >= 0.6 is 0 Å². The van der Waals surface area contributed by atoms with E-state index in [2.05, 4.69) is 0 Å². The van der Waals surface area contributed by atoms with Crippen molar-refractivity contribution in [2.75, 3.05) is 20.3 Å². The highest BCUT2D eigenvalue weighted by Crippen LogP contribution is 2.43. The van der Waals surface area contributed by atoms with E-state index >= 15 is 0 Å². The molecule has 7 heteroatoms. The molecule has 2 heterocycles. The Labute approximate surface area is 211 Å². The minimum Gasteiger partial charge on any atom is -0.486 e. The van der Waals surface area contributed by atoms with Gasteiger partial charge in [-0.3, -0.25) is 4.74 Å². The summed E-state index contributed by atoms with van der Waals surface area (Å²) in [6.45, 7) is 3.40. The van der Waals surface area contributed by atoms with Crippen LogP contribution in [0.2, 0.25) is 0 Å². The van der Waals surface area contributed by atoms with Crippen molar-refractivity contribution >= 4 is 0 Å². The number of aliphatic hydroxyl groups is 2. The molecule has 0 radical (unpaired) electrons. The van der Waals surface area contributed by atoms with Gasteiger partial charge in [0.1, 0.15) is 19.3 Å². The van der Waals surface area contributed by atoms with Crippen molar-refractivity contribution in [2.45, 2.75) is 50.7 Å². The maximum atomic E-state index is 10.8. The summed E-state index contributed by atoms with van der Waals surface area (Å²) in [6, 6.07) is 21.5. The molecule has 0 amide bonds. The van der Waals surface area contributed by atoms with Crippen LogP contribution in [-0.4, -0.2) is 42.6 Å². The fourth-order valence-electron chi connectivity index (χ4n) is 4.81. The maximum Gasteiger partial charge on any atom is 0.308 e. The van der Waals surface area contributed by atoms with Gasteiger partial charge >= 0.3 is 5.97 Å². The average Bonchev–Trinajstić information content (AvgIpc) is 2.89. The Morgan fingerprint density at radius 1 is 0.917 bits per heavy atom. The van der Waals surface area contributed by atoms with Crippen LogP contribution < -0.4 is 9.47 Å². The van der Waals surface area contributed by atoms with Crippen molar-refractivity contribution in [2.24, 2.45) is 0 Å². The monoisotopic (exact) mass is 492 g/mol. The molecule has 0 spiro atoms. The summed E-state index contributed by atoms with van der Waals surface area (Å²) in [7, 11) is 1.52. The highest BCUT2D eigenvalue weighted by atomic mass is 16.8. The number of hydrogen-bond donors (Lipinski definition) is 2. The van der Waals surface area contributed by atoms with Crippen LogP contribution in [0.1, 0.15) is 40.7 Å². The number of fused-ring (bicyclic) bond motifs is 1. The van der Waals surface area contributed by atoms with E-state index in [0.717, 1.165) is 39.3 Å². The molecule has 0 aliphatic carbocycles. The lowest BCUT2D eigenvalue weighted by molar-refractivity contribution is -0.474. The predicted molar refractivity (Wildman–Crippen MR) is 133 cm³/mol. The van der Waals surface area contributed by atoms with Gasteiger partial charge in [0.2, 0.25) is 0 Å². The Hall–Kier alpha value is -2.94. The summed E-state index contributed by atoms with van der Waals surface area (Å²) in [4.78, 5) is 0. The molecule has 2 aliphatic heterocycles. The van der Waals surface area contributed by atoms with Gasteiger partial charge in [-0.15, -0.1) is 0 Å².